The highest BCUT2D eigenvalue weighted by Crippen LogP contribution is 2.32. The van der Waals surface area contributed by atoms with Crippen molar-refractivity contribution in [1.82, 2.24) is 34.8 Å². The fraction of sp³-hybridized carbons (Fsp3) is 0.226. The Labute approximate surface area is 241 Å². The Morgan fingerprint density at radius 2 is 1.83 bits per heavy atom. The van der Waals surface area contributed by atoms with E-state index in [-0.39, 0.29) is 12.0 Å². The summed E-state index contributed by atoms with van der Waals surface area (Å²) in [5.74, 6) is -1.56. The molecule has 214 valence electrons. The maximum Gasteiger partial charge on any atom is 0.320 e. The number of carbonyl (C=O) groups is 1. The molecule has 42 heavy (non-hydrogen) atoms. The topological polar surface area (TPSA) is 92.9 Å². The number of pyridine rings is 1. The normalized spacial score (nSPS) is 17.0. The Bertz CT molecular complexity index is 1700. The zero-order valence-corrected chi connectivity index (χ0v) is 23.2. The lowest BCUT2D eigenvalue weighted by atomic mass is 9.94. The summed E-state index contributed by atoms with van der Waals surface area (Å²) in [4.78, 5) is 20.1. The van der Waals surface area contributed by atoms with Crippen LogP contribution in [0.3, 0.4) is 0 Å². The number of carbonyl (C=O) groups excluding carboxylic acids is 1. The van der Waals surface area contributed by atoms with Crippen molar-refractivity contribution in [3.63, 3.8) is 0 Å². The molecular formula is C31H30F2N8O. The predicted octanol–water partition coefficient (Wildman–Crippen LogP) is 5.04. The molecule has 6 rings (SSSR count). The van der Waals surface area contributed by atoms with Gasteiger partial charge in [-0.2, -0.15) is 10.2 Å². The van der Waals surface area contributed by atoms with Gasteiger partial charge >= 0.3 is 6.03 Å². The number of anilines is 1. The van der Waals surface area contributed by atoms with Gasteiger partial charge in [-0.05, 0) is 48.9 Å². The molecule has 1 aliphatic heterocycles. The molecule has 3 aromatic heterocycles. The fourth-order valence-corrected chi connectivity index (χ4v) is 5.49. The molecule has 11 heteroatoms. The molecule has 2 amide bonds. The third-order valence-corrected chi connectivity index (χ3v) is 7.53. The van der Waals surface area contributed by atoms with E-state index in [9.17, 15) is 13.6 Å². The van der Waals surface area contributed by atoms with Crippen molar-refractivity contribution in [1.29, 1.82) is 0 Å². The van der Waals surface area contributed by atoms with Crippen molar-refractivity contribution in [3.8, 4) is 16.9 Å². The number of halogens is 2. The van der Waals surface area contributed by atoms with Crippen LogP contribution in [-0.4, -0.2) is 54.6 Å². The minimum Gasteiger partial charge on any atom is -0.333 e. The van der Waals surface area contributed by atoms with Gasteiger partial charge in [0.25, 0.3) is 0 Å². The third kappa shape index (κ3) is 5.64. The van der Waals surface area contributed by atoms with Crippen LogP contribution >= 0.6 is 0 Å². The first-order valence-electron chi connectivity index (χ1n) is 13.6. The standard InChI is InChI=1S/C31H30F2N8O/c1-20-29(22-15-35-39(2)16-22)38-41(24-9-4-3-5-10-24)30(20)37-31(42)36-28-19-40(17-23-8-6-7-13-34-23)18-25(28)21-11-12-26(32)27(33)14-21/h3-16,25,28H,17-19H2,1-2H3,(H2,36,37,42)/t25-,28+/m0/s1. The van der Waals surface area contributed by atoms with E-state index in [1.54, 1.807) is 27.8 Å². The molecule has 0 spiro atoms. The quantitative estimate of drug-likeness (QED) is 0.287. The first-order chi connectivity index (χ1) is 20.4. The van der Waals surface area contributed by atoms with Crippen LogP contribution in [0.25, 0.3) is 16.9 Å². The number of rotatable bonds is 7. The molecule has 1 fully saturated rings. The number of aromatic nitrogens is 5. The van der Waals surface area contributed by atoms with Gasteiger partial charge in [-0.15, -0.1) is 0 Å². The second kappa shape index (κ2) is 11.5. The van der Waals surface area contributed by atoms with Crippen LogP contribution in [-0.2, 0) is 13.6 Å². The van der Waals surface area contributed by atoms with Gasteiger partial charge in [0, 0.05) is 56.1 Å². The molecule has 0 aliphatic carbocycles. The van der Waals surface area contributed by atoms with Crippen molar-refractivity contribution in [2.75, 3.05) is 18.4 Å². The van der Waals surface area contributed by atoms with Crippen LogP contribution in [0, 0.1) is 18.6 Å². The number of urea groups is 1. The van der Waals surface area contributed by atoms with E-state index in [0.29, 0.717) is 36.7 Å². The highest BCUT2D eigenvalue weighted by molar-refractivity contribution is 5.91. The number of nitrogens with zero attached hydrogens (tertiary/aromatic N) is 6. The lowest BCUT2D eigenvalue weighted by molar-refractivity contribution is 0.246. The van der Waals surface area contributed by atoms with Crippen molar-refractivity contribution in [2.24, 2.45) is 7.05 Å². The van der Waals surface area contributed by atoms with E-state index in [1.165, 1.54) is 6.07 Å². The van der Waals surface area contributed by atoms with Gasteiger partial charge in [0.05, 0.1) is 23.6 Å². The Balaban J connectivity index is 1.28. The SMILES string of the molecule is Cc1c(-c2cnn(C)c2)nn(-c2ccccc2)c1NC(=O)N[C@@H]1CN(Cc2ccccn2)C[C@H]1c1ccc(F)c(F)c1. The Morgan fingerprint density at radius 3 is 2.55 bits per heavy atom. The molecule has 0 radical (unpaired) electrons. The Kier molecular flexibility index (Phi) is 7.49. The van der Waals surface area contributed by atoms with Gasteiger partial charge in [-0.25, -0.2) is 18.3 Å². The number of likely N-dealkylation sites (tertiary alicyclic amines) is 1. The highest BCUT2D eigenvalue weighted by Gasteiger charge is 2.36. The van der Waals surface area contributed by atoms with Gasteiger partial charge < -0.3 is 5.32 Å². The van der Waals surface area contributed by atoms with Crippen LogP contribution in [0.1, 0.15) is 22.7 Å². The zero-order valence-electron chi connectivity index (χ0n) is 23.2. The molecular weight excluding hydrogens is 538 g/mol. The van der Waals surface area contributed by atoms with Crippen molar-refractivity contribution in [2.45, 2.75) is 25.4 Å². The molecule has 2 atom stereocenters. The van der Waals surface area contributed by atoms with E-state index in [1.807, 2.05) is 68.7 Å². The maximum atomic E-state index is 14.2. The number of hydrogen-bond donors (Lipinski definition) is 2. The second-order valence-electron chi connectivity index (χ2n) is 10.5. The number of para-hydroxylation sites is 1. The smallest absolute Gasteiger partial charge is 0.320 e. The summed E-state index contributed by atoms with van der Waals surface area (Å²) in [5, 5.41) is 15.2. The lowest BCUT2D eigenvalue weighted by Gasteiger charge is -2.21. The summed E-state index contributed by atoms with van der Waals surface area (Å²) in [6.45, 7) is 3.51. The van der Waals surface area contributed by atoms with Crippen LogP contribution in [0.5, 0.6) is 0 Å². The average Bonchev–Trinajstić information content (AvgIpc) is 3.68. The van der Waals surface area contributed by atoms with E-state index >= 15 is 0 Å². The molecule has 1 saturated heterocycles. The first-order valence-corrected chi connectivity index (χ1v) is 13.6. The van der Waals surface area contributed by atoms with Crippen LogP contribution in [0.15, 0.2) is 85.3 Å². The first kappa shape index (κ1) is 27.3. The summed E-state index contributed by atoms with van der Waals surface area (Å²) < 4.78 is 31.4. The van der Waals surface area contributed by atoms with Gasteiger partial charge in [0.2, 0.25) is 0 Å². The van der Waals surface area contributed by atoms with Crippen molar-refractivity contribution < 1.29 is 13.6 Å². The molecule has 0 saturated carbocycles. The van der Waals surface area contributed by atoms with Crippen LogP contribution in [0.4, 0.5) is 19.4 Å². The lowest BCUT2D eigenvalue weighted by Crippen LogP contribution is -2.42. The van der Waals surface area contributed by atoms with Gasteiger partial charge in [0.1, 0.15) is 11.5 Å². The summed E-state index contributed by atoms with van der Waals surface area (Å²) >= 11 is 0. The summed E-state index contributed by atoms with van der Waals surface area (Å²) in [6, 6.07) is 18.4. The predicted molar refractivity (Wildman–Crippen MR) is 155 cm³/mol. The van der Waals surface area contributed by atoms with Crippen LogP contribution in [0.2, 0.25) is 0 Å². The molecule has 0 bridgehead atoms. The molecule has 1 aliphatic rings. The molecule has 2 N–H and O–H groups in total. The van der Waals surface area contributed by atoms with Gasteiger partial charge in [-0.3, -0.25) is 19.9 Å². The minimum absolute atomic E-state index is 0.263. The molecule has 4 heterocycles. The number of nitrogens with one attached hydrogen (secondary N) is 2. The maximum absolute atomic E-state index is 14.2. The van der Waals surface area contributed by atoms with Crippen molar-refractivity contribution in [3.05, 3.63) is 114 Å². The molecule has 2 aromatic carbocycles. The Morgan fingerprint density at radius 1 is 1.02 bits per heavy atom. The largest absolute Gasteiger partial charge is 0.333 e. The van der Waals surface area contributed by atoms with Crippen LogP contribution < -0.4 is 10.6 Å². The van der Waals surface area contributed by atoms with E-state index in [2.05, 4.69) is 25.6 Å². The average molecular weight is 569 g/mol. The number of hydrogen-bond acceptors (Lipinski definition) is 5. The summed E-state index contributed by atoms with van der Waals surface area (Å²) in [7, 11) is 1.84. The van der Waals surface area contributed by atoms with Crippen molar-refractivity contribution >= 4 is 11.8 Å². The van der Waals surface area contributed by atoms with E-state index < -0.39 is 17.7 Å². The minimum atomic E-state index is -0.913. The number of aryl methyl sites for hydroxylation is 1. The van der Waals surface area contributed by atoms with Gasteiger partial charge in [-0.1, -0.05) is 30.3 Å². The number of benzene rings is 2. The van der Waals surface area contributed by atoms with E-state index in [4.69, 9.17) is 5.10 Å². The Hall–Kier alpha value is -4.90. The highest BCUT2D eigenvalue weighted by atomic mass is 19.2. The summed E-state index contributed by atoms with van der Waals surface area (Å²) in [5.41, 5.74) is 4.59. The second-order valence-corrected chi connectivity index (χ2v) is 10.5. The van der Waals surface area contributed by atoms with E-state index in [0.717, 1.165) is 28.6 Å². The molecule has 5 aromatic rings. The monoisotopic (exact) mass is 568 g/mol. The van der Waals surface area contributed by atoms with Gasteiger partial charge in [0.15, 0.2) is 11.6 Å². The molecule has 9 nitrogen and oxygen atoms in total. The summed E-state index contributed by atoms with van der Waals surface area (Å²) in [6.07, 6.45) is 5.34. The third-order valence-electron chi connectivity index (χ3n) is 7.53. The fourth-order valence-electron chi connectivity index (χ4n) is 5.49. The zero-order chi connectivity index (χ0) is 29.2. The number of amides is 2. The molecule has 0 unspecified atom stereocenters.